The van der Waals surface area contributed by atoms with Gasteiger partial charge in [0.15, 0.2) is 17.7 Å². The molecule has 0 atom stereocenters. The Balaban J connectivity index is 1.10. The maximum Gasteiger partial charge on any atom is 0.407 e. The molecule has 0 bridgehead atoms. The summed E-state index contributed by atoms with van der Waals surface area (Å²) >= 11 is 6.57. The number of piperidine rings is 1. The first-order valence-electron chi connectivity index (χ1n) is 14.9. The Bertz CT molecular complexity index is 1880. The van der Waals surface area contributed by atoms with E-state index in [2.05, 4.69) is 25.3 Å². The molecule has 1 aliphatic rings. The fourth-order valence-corrected chi connectivity index (χ4v) is 5.92. The summed E-state index contributed by atoms with van der Waals surface area (Å²) in [5.41, 5.74) is 3.37. The number of carbonyl (C=O) groups is 1. The molecule has 6 rings (SSSR count). The van der Waals surface area contributed by atoms with E-state index in [1.54, 1.807) is 17.9 Å². The molecule has 13 nitrogen and oxygen atoms in total. The van der Waals surface area contributed by atoms with E-state index in [0.717, 1.165) is 22.3 Å². The number of aryl methyl sites for hydroxylation is 1. The van der Waals surface area contributed by atoms with E-state index in [1.807, 2.05) is 42.5 Å². The number of carbonyl (C=O) groups excluding carboxylic acids is 1. The van der Waals surface area contributed by atoms with Crippen LogP contribution in [0.5, 0.6) is 0 Å². The number of aromatic nitrogens is 5. The minimum Gasteiger partial charge on any atom is -0.445 e. The van der Waals surface area contributed by atoms with Gasteiger partial charge >= 0.3 is 6.09 Å². The molecule has 1 saturated heterocycles. The van der Waals surface area contributed by atoms with Crippen molar-refractivity contribution < 1.29 is 24.2 Å². The zero-order chi connectivity index (χ0) is 32.3. The number of likely N-dealkylation sites (tertiary alicyclic amines) is 1. The Morgan fingerprint density at radius 1 is 1.13 bits per heavy atom. The largest absolute Gasteiger partial charge is 0.445 e. The number of rotatable bonds is 10. The zero-order valence-electron chi connectivity index (χ0n) is 25.2. The topological polar surface area (TPSA) is 161 Å². The third-order valence-electron chi connectivity index (χ3n) is 8.21. The highest BCUT2D eigenvalue weighted by atomic mass is 35.5. The maximum atomic E-state index is 13.5. The summed E-state index contributed by atoms with van der Waals surface area (Å²) in [4.78, 5) is 35.9. The van der Waals surface area contributed by atoms with E-state index in [-0.39, 0.29) is 37.4 Å². The number of nitrogens with one attached hydrogen (secondary N) is 1. The molecule has 3 aromatic heterocycles. The number of amides is 1. The van der Waals surface area contributed by atoms with Gasteiger partial charge in [0.25, 0.3) is 5.56 Å². The van der Waals surface area contributed by atoms with Crippen LogP contribution in [0.1, 0.15) is 24.0 Å². The van der Waals surface area contributed by atoms with Gasteiger partial charge in [-0.2, -0.15) is 5.10 Å². The van der Waals surface area contributed by atoms with Crippen LogP contribution in [-0.2, 0) is 31.5 Å². The van der Waals surface area contributed by atoms with E-state index in [0.29, 0.717) is 54.5 Å². The summed E-state index contributed by atoms with van der Waals surface area (Å²) in [6.07, 6.45) is 4.86. The van der Waals surface area contributed by atoms with Crippen molar-refractivity contribution in [2.45, 2.75) is 38.1 Å². The molecule has 14 heteroatoms. The minimum atomic E-state index is -1.07. The van der Waals surface area contributed by atoms with Crippen molar-refractivity contribution in [2.24, 2.45) is 7.05 Å². The molecule has 0 unspecified atom stereocenters. The van der Waals surface area contributed by atoms with Crippen molar-refractivity contribution in [2.75, 3.05) is 26.2 Å². The Morgan fingerprint density at radius 2 is 1.89 bits per heavy atom. The first kappa shape index (κ1) is 31.4. The van der Waals surface area contributed by atoms with Gasteiger partial charge in [0.2, 0.25) is 0 Å². The molecule has 0 saturated carbocycles. The first-order valence-corrected chi connectivity index (χ1v) is 15.3. The van der Waals surface area contributed by atoms with Crippen molar-refractivity contribution in [1.29, 1.82) is 0 Å². The van der Waals surface area contributed by atoms with E-state index in [1.165, 1.54) is 17.3 Å². The first-order chi connectivity index (χ1) is 22.2. The normalized spacial score (nSPS) is 14.9. The third kappa shape index (κ3) is 6.82. The molecule has 1 amide bonds. The number of benzene rings is 2. The summed E-state index contributed by atoms with van der Waals surface area (Å²) in [5, 5.41) is 27.8. The number of hydrogen-bond acceptors (Lipinski definition) is 10. The van der Waals surface area contributed by atoms with Gasteiger partial charge in [-0.15, -0.1) is 0 Å². The lowest BCUT2D eigenvalue weighted by atomic mass is 9.91. The number of hydrogen-bond donors (Lipinski definition) is 3. The summed E-state index contributed by atoms with van der Waals surface area (Å²) < 4.78 is 13.6. The van der Waals surface area contributed by atoms with E-state index in [4.69, 9.17) is 25.9 Å². The number of oxazole rings is 1. The highest BCUT2D eigenvalue weighted by molar-refractivity contribution is 6.31. The van der Waals surface area contributed by atoms with Crippen LogP contribution in [0, 0.1) is 0 Å². The molecule has 1 fully saturated rings. The van der Waals surface area contributed by atoms with Crippen molar-refractivity contribution in [1.82, 2.24) is 34.5 Å². The van der Waals surface area contributed by atoms with Crippen molar-refractivity contribution in [3.8, 4) is 22.6 Å². The van der Waals surface area contributed by atoms with Crippen LogP contribution < -0.4 is 10.9 Å². The quantitative estimate of drug-likeness (QED) is 0.205. The number of aliphatic hydroxyl groups is 2. The second-order valence-corrected chi connectivity index (χ2v) is 11.9. The predicted octanol–water partition coefficient (Wildman–Crippen LogP) is 3.35. The molecular formula is C32H34ClN7O6. The zero-order valence-corrected chi connectivity index (χ0v) is 26.0. The summed E-state index contributed by atoms with van der Waals surface area (Å²) in [6, 6.07) is 13.1. The van der Waals surface area contributed by atoms with Gasteiger partial charge in [-0.1, -0.05) is 48.0 Å². The summed E-state index contributed by atoms with van der Waals surface area (Å²) in [5.74, 6) is 0.654. The monoisotopic (exact) mass is 647 g/mol. The van der Waals surface area contributed by atoms with E-state index < -0.39 is 11.7 Å². The van der Waals surface area contributed by atoms with Crippen LogP contribution in [0.2, 0.25) is 5.02 Å². The molecule has 0 aliphatic carbocycles. The molecule has 3 N–H and O–H groups in total. The Kier molecular flexibility index (Phi) is 9.17. The van der Waals surface area contributed by atoms with Gasteiger partial charge < -0.3 is 24.7 Å². The SMILES string of the molecule is Cn1nc2c(=O)n(CC3(O)CCN(Cc4ccc(-c5cnco5)cc4Cl)CC3)cnc2c1-c1ccc(COC(=O)NCCO)cc1. The summed E-state index contributed by atoms with van der Waals surface area (Å²) in [7, 11) is 1.75. The maximum absolute atomic E-state index is 13.5. The molecule has 4 heterocycles. The second kappa shape index (κ2) is 13.4. The lowest BCUT2D eigenvalue weighted by Gasteiger charge is -2.38. The highest BCUT2D eigenvalue weighted by Crippen LogP contribution is 2.30. The Morgan fingerprint density at radius 3 is 2.59 bits per heavy atom. The molecule has 0 spiro atoms. The minimum absolute atomic E-state index is 0.0682. The summed E-state index contributed by atoms with van der Waals surface area (Å²) in [6.45, 7) is 2.06. The van der Waals surface area contributed by atoms with Crippen LogP contribution in [0.15, 0.2) is 70.6 Å². The lowest BCUT2D eigenvalue weighted by molar-refractivity contribution is -0.0364. The molecule has 240 valence electrons. The van der Waals surface area contributed by atoms with Gasteiger partial charge in [0.05, 0.1) is 37.0 Å². The van der Waals surface area contributed by atoms with Gasteiger partial charge in [-0.25, -0.2) is 14.8 Å². The smallest absolute Gasteiger partial charge is 0.407 e. The average molecular weight is 648 g/mol. The molecule has 2 aromatic carbocycles. The van der Waals surface area contributed by atoms with Crippen LogP contribution >= 0.6 is 11.6 Å². The highest BCUT2D eigenvalue weighted by Gasteiger charge is 2.33. The fourth-order valence-electron chi connectivity index (χ4n) is 5.68. The van der Waals surface area contributed by atoms with Crippen LogP contribution in [-0.4, -0.2) is 77.4 Å². The van der Waals surface area contributed by atoms with Gasteiger partial charge in [0.1, 0.15) is 12.1 Å². The van der Waals surface area contributed by atoms with E-state index in [9.17, 15) is 14.7 Å². The molecule has 0 radical (unpaired) electrons. The van der Waals surface area contributed by atoms with Crippen molar-refractivity contribution in [3.63, 3.8) is 0 Å². The number of fused-ring (bicyclic) bond motifs is 1. The van der Waals surface area contributed by atoms with Crippen LogP contribution in [0.4, 0.5) is 4.79 Å². The van der Waals surface area contributed by atoms with Crippen molar-refractivity contribution in [3.05, 3.63) is 87.9 Å². The number of alkyl carbamates (subject to hydrolysis) is 1. The van der Waals surface area contributed by atoms with Gasteiger partial charge in [-0.3, -0.25) is 18.9 Å². The van der Waals surface area contributed by atoms with Gasteiger partial charge in [-0.05, 0) is 30.0 Å². The van der Waals surface area contributed by atoms with E-state index >= 15 is 0 Å². The molecule has 46 heavy (non-hydrogen) atoms. The third-order valence-corrected chi connectivity index (χ3v) is 8.56. The molecule has 1 aliphatic heterocycles. The number of aliphatic hydroxyl groups excluding tert-OH is 1. The molecular weight excluding hydrogens is 614 g/mol. The van der Waals surface area contributed by atoms with Gasteiger partial charge in [0, 0.05) is 49.4 Å². The number of nitrogens with zero attached hydrogens (tertiary/aromatic N) is 6. The Labute approximate surface area is 269 Å². The van der Waals surface area contributed by atoms with Crippen LogP contribution in [0.3, 0.4) is 0 Å². The Hall–Kier alpha value is -4.56. The second-order valence-electron chi connectivity index (χ2n) is 11.4. The molecule has 5 aromatic rings. The number of ether oxygens (including phenoxy) is 1. The number of halogens is 1. The predicted molar refractivity (Wildman–Crippen MR) is 170 cm³/mol. The standard InChI is InChI=1S/C32H34ClN7O6/c1-38-29(22-4-2-21(3-5-22)17-45-31(43)35-10-13-41)27-28(37-38)30(42)40(19-36-27)18-32(44)8-11-39(12-9-32)16-24-7-6-23(14-25(24)33)26-15-34-20-46-26/h2-7,14-15,19-20,41,44H,8-13,16-18H2,1H3,(H,35,43). The fraction of sp³-hybridized carbons (Fsp3) is 0.344. The van der Waals surface area contributed by atoms with Crippen LogP contribution in [0.25, 0.3) is 33.6 Å². The van der Waals surface area contributed by atoms with Crippen molar-refractivity contribution >= 4 is 28.7 Å². The average Bonchev–Trinajstić information content (AvgIpc) is 3.71. The lowest BCUT2D eigenvalue weighted by Crippen LogP contribution is -2.47.